The molecule has 5 aromatic rings. The molecule has 0 saturated carbocycles. The van der Waals surface area contributed by atoms with Crippen LogP contribution in [0.2, 0.25) is 51.4 Å². The summed E-state index contributed by atoms with van der Waals surface area (Å²) in [6.07, 6.45) is 1.61. The zero-order valence-electron chi connectivity index (χ0n) is 30.1. The third-order valence-corrected chi connectivity index (χ3v) is 13.7. The number of benzene rings is 3. The Morgan fingerprint density at radius 1 is 0.863 bits per heavy atom. The summed E-state index contributed by atoms with van der Waals surface area (Å²) >= 11 is 0. The van der Waals surface area contributed by atoms with E-state index in [1.807, 2.05) is 0 Å². The smallest absolute Gasteiger partial charge is 0.184 e. The third-order valence-electron chi connectivity index (χ3n) is 8.61. The molecule has 0 atom stereocenters. The van der Waals surface area contributed by atoms with Gasteiger partial charge in [0.15, 0.2) is 21.4 Å². The van der Waals surface area contributed by atoms with Crippen molar-refractivity contribution in [3.63, 3.8) is 0 Å². The Hall–Kier alpha value is -3.64. The molecule has 0 bridgehead atoms. The summed E-state index contributed by atoms with van der Waals surface area (Å²) in [7, 11) is -6.95. The Balaban J connectivity index is 1.48. The molecular weight excluding hydrogens is 714 g/mol. The fraction of sp³-hybridized carbons (Fsp3) is 0.417. The van der Waals surface area contributed by atoms with Crippen LogP contribution < -0.4 is 0 Å². The van der Waals surface area contributed by atoms with Crippen LogP contribution in [0.1, 0.15) is 29.4 Å². The van der Waals surface area contributed by atoms with E-state index in [2.05, 4.69) is 49.4 Å². The molecule has 2 heterocycles. The highest BCUT2D eigenvalue weighted by Gasteiger charge is 2.28. The van der Waals surface area contributed by atoms with Gasteiger partial charge in [0, 0.05) is 52.3 Å². The number of hydrogen-bond donors (Lipinski definition) is 0. The van der Waals surface area contributed by atoms with Gasteiger partial charge in [-0.15, -0.1) is 0 Å². The zero-order chi connectivity index (χ0) is 37.3. The maximum absolute atomic E-state index is 16.4. The van der Waals surface area contributed by atoms with Crippen molar-refractivity contribution in [1.82, 2.24) is 19.3 Å². The van der Waals surface area contributed by atoms with Gasteiger partial charge in [-0.3, -0.25) is 4.79 Å². The van der Waals surface area contributed by atoms with Crippen molar-refractivity contribution in [3.8, 4) is 11.1 Å². The van der Waals surface area contributed by atoms with Crippen LogP contribution >= 0.6 is 0 Å². The lowest BCUT2D eigenvalue weighted by molar-refractivity contribution is 0.0804. The maximum atomic E-state index is 16.4. The molecule has 15 heteroatoms. The van der Waals surface area contributed by atoms with Crippen LogP contribution in [0.4, 0.5) is 13.2 Å². The van der Waals surface area contributed by atoms with Gasteiger partial charge in [-0.05, 0) is 36.4 Å². The first-order chi connectivity index (χ1) is 23.9. The number of nitrogens with zero attached hydrogens (tertiary/aromatic N) is 4. The number of ketones is 1. The summed E-state index contributed by atoms with van der Waals surface area (Å²) in [4.78, 5) is 16.9. The molecule has 0 radical (unpaired) electrons. The molecule has 0 saturated heterocycles. The molecule has 0 unspecified atom stereocenters. The normalized spacial score (nSPS) is 12.7. The molecule has 5 rings (SSSR count). The van der Waals surface area contributed by atoms with Gasteiger partial charge in [0.2, 0.25) is 0 Å². The number of carbonyl (C=O) groups excluding carboxylic acids is 1. The van der Waals surface area contributed by atoms with E-state index >= 15 is 13.2 Å². The fourth-order valence-electron chi connectivity index (χ4n) is 5.62. The molecule has 0 N–H and O–H groups in total. The number of aromatic nitrogens is 4. The largest absolute Gasteiger partial charge is 0.361 e. The summed E-state index contributed by atoms with van der Waals surface area (Å²) in [6, 6.07) is 11.0. The number of para-hydroxylation sites is 1. The zero-order valence-corrected chi connectivity index (χ0v) is 33.0. The van der Waals surface area contributed by atoms with Crippen LogP contribution in [0.5, 0.6) is 0 Å². The van der Waals surface area contributed by atoms with Gasteiger partial charge in [-0.25, -0.2) is 31.3 Å². The summed E-state index contributed by atoms with van der Waals surface area (Å²) in [5.74, 6) is -4.46. The van der Waals surface area contributed by atoms with Crippen LogP contribution in [-0.2, 0) is 38.5 Å². The molecule has 9 nitrogen and oxygen atoms in total. The number of carbonyl (C=O) groups is 1. The van der Waals surface area contributed by atoms with Crippen molar-refractivity contribution in [2.75, 3.05) is 13.2 Å². The highest BCUT2D eigenvalue weighted by Crippen LogP contribution is 2.36. The average Bonchev–Trinajstić information content (AvgIpc) is 3.64. The number of sulfone groups is 1. The highest BCUT2D eigenvalue weighted by molar-refractivity contribution is 7.90. The van der Waals surface area contributed by atoms with Crippen molar-refractivity contribution < 1.29 is 35.9 Å². The van der Waals surface area contributed by atoms with Gasteiger partial charge >= 0.3 is 0 Å². The summed E-state index contributed by atoms with van der Waals surface area (Å²) < 4.78 is 90.2. The Bertz CT molecular complexity index is 2190. The van der Waals surface area contributed by atoms with Crippen LogP contribution in [0.3, 0.4) is 0 Å². The van der Waals surface area contributed by atoms with E-state index in [-0.39, 0.29) is 58.2 Å². The maximum Gasteiger partial charge on any atom is 0.184 e. The van der Waals surface area contributed by atoms with Crippen molar-refractivity contribution in [3.05, 3.63) is 77.5 Å². The molecule has 0 spiro atoms. The average molecular weight is 759 g/mol. The molecule has 0 aliphatic carbocycles. The number of imidazole rings is 1. The van der Waals surface area contributed by atoms with Gasteiger partial charge in [0.1, 0.15) is 41.8 Å². The number of Topliss-reactive ketones (excluding diaryl/α,β-unsaturated/α-hetero) is 1. The van der Waals surface area contributed by atoms with E-state index in [9.17, 15) is 13.2 Å². The van der Waals surface area contributed by atoms with Gasteiger partial charge in [0.25, 0.3) is 0 Å². The second-order valence-corrected chi connectivity index (χ2v) is 28.3. The predicted octanol–water partition coefficient (Wildman–Crippen LogP) is 8.66. The highest BCUT2D eigenvalue weighted by atomic mass is 32.2. The Labute approximate surface area is 298 Å². The molecule has 274 valence electrons. The Kier molecular flexibility index (Phi) is 11.5. The lowest BCUT2D eigenvalue weighted by Gasteiger charge is -2.16. The molecule has 0 aliphatic heterocycles. The second kappa shape index (κ2) is 15.1. The molecule has 3 aromatic carbocycles. The lowest BCUT2D eigenvalue weighted by Crippen LogP contribution is -2.22. The fourth-order valence-corrected chi connectivity index (χ4v) is 8.65. The van der Waals surface area contributed by atoms with E-state index in [4.69, 9.17) is 9.47 Å². The van der Waals surface area contributed by atoms with Gasteiger partial charge in [0.05, 0.1) is 28.1 Å². The van der Waals surface area contributed by atoms with E-state index in [0.717, 1.165) is 24.2 Å². The van der Waals surface area contributed by atoms with Crippen LogP contribution in [0.15, 0.2) is 53.7 Å². The van der Waals surface area contributed by atoms with Gasteiger partial charge in [-0.2, -0.15) is 5.10 Å². The number of hydrogen-bond acceptors (Lipinski definition) is 7. The van der Waals surface area contributed by atoms with Gasteiger partial charge < -0.3 is 14.0 Å². The predicted molar refractivity (Wildman–Crippen MR) is 198 cm³/mol. The minimum atomic E-state index is -4.22. The summed E-state index contributed by atoms with van der Waals surface area (Å²) in [6.45, 7) is 15.9. The molecule has 0 aliphatic rings. The quantitative estimate of drug-likeness (QED) is 0.0564. The van der Waals surface area contributed by atoms with Gasteiger partial charge in [-0.1, -0.05) is 64.4 Å². The number of halogens is 3. The second-order valence-electron chi connectivity index (χ2n) is 15.1. The van der Waals surface area contributed by atoms with Crippen LogP contribution in [-0.4, -0.2) is 62.9 Å². The van der Waals surface area contributed by atoms with Crippen LogP contribution in [0, 0.1) is 17.5 Å². The topological polar surface area (TPSA) is 105 Å². The van der Waals surface area contributed by atoms with Crippen LogP contribution in [0.25, 0.3) is 33.1 Å². The summed E-state index contributed by atoms with van der Waals surface area (Å²) in [5.41, 5.74) is -0.892. The van der Waals surface area contributed by atoms with E-state index in [0.29, 0.717) is 18.7 Å². The molecule has 51 heavy (non-hydrogen) atoms. The monoisotopic (exact) mass is 758 g/mol. The molecule has 0 amide bonds. The SMILES string of the molecule is CCC(=O)c1nn(COCC[Si](C)(C)C)c2c(F)c(-c3c(F)ccc(CS(=O)(=O)c4cccc5c4ncn5COCC[Si](C)(C)C)c3F)ccc12. The molecular formula is C36H45F3N4O5SSi2. The van der Waals surface area contributed by atoms with Crippen molar-refractivity contribution >= 4 is 53.7 Å². The molecule has 2 aromatic heterocycles. The van der Waals surface area contributed by atoms with Crippen molar-refractivity contribution in [2.24, 2.45) is 0 Å². The van der Waals surface area contributed by atoms with E-state index in [1.54, 1.807) is 23.6 Å². The number of fused-ring (bicyclic) bond motifs is 2. The standard InChI is InChI=1S/C36H45F3N4O5SSi2/c1-8-29(44)34-26-14-13-25(33(39)36(26)43(41-34)23-48-17-19-51(5,6)7)31-27(37)15-12-24(32(31)38)20-49(45,46)30-11-9-10-28-35(30)40-21-42(28)22-47-16-18-50(2,3)4/h9-15,21H,8,16-20,22-23H2,1-7H3. The first-order valence-electron chi connectivity index (χ1n) is 16.9. The first-order valence-corrected chi connectivity index (χ1v) is 26.0. The van der Waals surface area contributed by atoms with Crippen molar-refractivity contribution in [2.45, 2.75) is 88.8 Å². The van der Waals surface area contributed by atoms with E-state index < -0.39 is 60.3 Å². The Morgan fingerprint density at radius 2 is 1.53 bits per heavy atom. The minimum absolute atomic E-state index is 0.0299. The Morgan fingerprint density at radius 3 is 2.18 bits per heavy atom. The first kappa shape index (κ1) is 38.6. The molecule has 0 fully saturated rings. The van der Waals surface area contributed by atoms with E-state index in [1.165, 1.54) is 29.2 Å². The summed E-state index contributed by atoms with van der Waals surface area (Å²) in [5, 5.41) is 4.51. The third kappa shape index (κ3) is 8.71. The number of rotatable bonds is 16. The lowest BCUT2D eigenvalue weighted by atomic mass is 9.99. The minimum Gasteiger partial charge on any atom is -0.361 e. The van der Waals surface area contributed by atoms with Crippen molar-refractivity contribution in [1.29, 1.82) is 0 Å². The number of ether oxygens (including phenoxy) is 2.